The highest BCUT2D eigenvalue weighted by atomic mass is 19.2. The smallest absolute Gasteiger partial charge is 0.200 e. The molecule has 1 nitrogen and oxygen atoms in total. The van der Waals surface area contributed by atoms with Crippen molar-refractivity contribution < 1.29 is 13.5 Å². The van der Waals surface area contributed by atoms with E-state index in [2.05, 4.69) is 6.08 Å². The molecule has 2 fully saturated rings. The van der Waals surface area contributed by atoms with E-state index in [9.17, 15) is 8.78 Å². The Balaban J connectivity index is 1.58. The van der Waals surface area contributed by atoms with Crippen LogP contribution in [0, 0.1) is 23.5 Å². The molecule has 0 unspecified atom stereocenters. The minimum Gasteiger partial charge on any atom is -0.490 e. The van der Waals surface area contributed by atoms with Gasteiger partial charge in [-0.25, -0.2) is 4.39 Å². The van der Waals surface area contributed by atoms with E-state index < -0.39 is 11.6 Å². The molecule has 0 bridgehead atoms. The van der Waals surface area contributed by atoms with E-state index in [0.717, 1.165) is 12.3 Å². The molecule has 0 aliphatic heterocycles. The van der Waals surface area contributed by atoms with E-state index in [1.54, 1.807) is 12.1 Å². The third-order valence-electron chi connectivity index (χ3n) is 3.98. The Morgan fingerprint density at radius 1 is 1.10 bits per heavy atom. The molecule has 108 valence electrons. The van der Waals surface area contributed by atoms with Crippen LogP contribution in [0.5, 0.6) is 5.75 Å². The maximum atomic E-state index is 13.9. The number of halogens is 2. The van der Waals surface area contributed by atoms with Crippen LogP contribution in [0.2, 0.25) is 0 Å². The molecule has 1 aromatic carbocycles. The molecular formula is C17H20F2O. The lowest BCUT2D eigenvalue weighted by molar-refractivity contribution is 0.282. The molecule has 20 heavy (non-hydrogen) atoms. The lowest BCUT2D eigenvalue weighted by Crippen LogP contribution is -2.03. The number of hydrogen-bond donors (Lipinski definition) is 0. The molecule has 0 amide bonds. The van der Waals surface area contributed by atoms with Crippen molar-refractivity contribution >= 4 is 0 Å². The maximum Gasteiger partial charge on any atom is 0.200 e. The Labute approximate surface area is 118 Å². The first-order valence-electron chi connectivity index (χ1n) is 7.50. The van der Waals surface area contributed by atoms with Gasteiger partial charge in [0.05, 0.1) is 6.61 Å². The SMILES string of the molecule is Fc1c(C/C=C/C2CC2)ccc(OCCC2CC2)c1F. The summed E-state index contributed by atoms with van der Waals surface area (Å²) < 4.78 is 33.1. The van der Waals surface area contributed by atoms with Gasteiger partial charge >= 0.3 is 0 Å². The quantitative estimate of drug-likeness (QED) is 0.659. The average Bonchev–Trinajstić information content (AvgIpc) is 3.31. The normalized spacial score (nSPS) is 18.7. The fourth-order valence-electron chi connectivity index (χ4n) is 2.26. The Hall–Kier alpha value is -1.38. The second kappa shape index (κ2) is 5.94. The minimum atomic E-state index is -0.849. The van der Waals surface area contributed by atoms with E-state index >= 15 is 0 Å². The zero-order valence-electron chi connectivity index (χ0n) is 11.6. The molecule has 0 radical (unpaired) electrons. The van der Waals surface area contributed by atoms with Crippen molar-refractivity contribution in [2.24, 2.45) is 11.8 Å². The van der Waals surface area contributed by atoms with Crippen LogP contribution in [-0.4, -0.2) is 6.61 Å². The third-order valence-corrected chi connectivity index (χ3v) is 3.98. The van der Waals surface area contributed by atoms with Crippen molar-refractivity contribution in [2.45, 2.75) is 38.5 Å². The highest BCUT2D eigenvalue weighted by Gasteiger charge is 2.21. The molecule has 0 saturated heterocycles. The molecule has 3 heteroatoms. The van der Waals surface area contributed by atoms with Crippen LogP contribution in [0.25, 0.3) is 0 Å². The van der Waals surface area contributed by atoms with Crippen molar-refractivity contribution in [3.63, 3.8) is 0 Å². The highest BCUT2D eigenvalue weighted by Crippen LogP contribution is 2.33. The third kappa shape index (κ3) is 3.59. The largest absolute Gasteiger partial charge is 0.490 e. The molecule has 2 aliphatic rings. The highest BCUT2D eigenvalue weighted by molar-refractivity contribution is 5.32. The van der Waals surface area contributed by atoms with Gasteiger partial charge in [-0.05, 0) is 49.1 Å². The summed E-state index contributed by atoms with van der Waals surface area (Å²) in [6.07, 6.45) is 10.3. The van der Waals surface area contributed by atoms with E-state index in [1.807, 2.05) is 6.08 Å². The molecule has 2 aliphatic carbocycles. The monoisotopic (exact) mass is 278 g/mol. The Morgan fingerprint density at radius 2 is 1.90 bits per heavy atom. The van der Waals surface area contributed by atoms with Gasteiger partial charge in [-0.2, -0.15) is 4.39 Å². The van der Waals surface area contributed by atoms with Gasteiger partial charge in [0.15, 0.2) is 11.6 Å². The first-order chi connectivity index (χ1) is 9.74. The minimum absolute atomic E-state index is 0.0399. The molecule has 2 saturated carbocycles. The van der Waals surface area contributed by atoms with Gasteiger partial charge < -0.3 is 4.74 Å². The topological polar surface area (TPSA) is 9.23 Å². The Kier molecular flexibility index (Phi) is 4.04. The first-order valence-corrected chi connectivity index (χ1v) is 7.50. The summed E-state index contributed by atoms with van der Waals surface area (Å²) in [7, 11) is 0. The van der Waals surface area contributed by atoms with Crippen LogP contribution in [0.1, 0.15) is 37.7 Å². The number of ether oxygens (including phenoxy) is 1. The fourth-order valence-corrected chi connectivity index (χ4v) is 2.26. The Morgan fingerprint density at radius 3 is 2.60 bits per heavy atom. The van der Waals surface area contributed by atoms with Gasteiger partial charge in [-0.3, -0.25) is 0 Å². The van der Waals surface area contributed by atoms with Gasteiger partial charge in [0, 0.05) is 0 Å². The van der Waals surface area contributed by atoms with Gasteiger partial charge in [0.2, 0.25) is 5.82 Å². The predicted octanol–water partition coefficient (Wildman–Crippen LogP) is 4.65. The number of hydrogen-bond acceptors (Lipinski definition) is 1. The average molecular weight is 278 g/mol. The number of benzene rings is 1. The number of allylic oxidation sites excluding steroid dienone is 2. The molecule has 0 atom stereocenters. The van der Waals surface area contributed by atoms with E-state index in [0.29, 0.717) is 24.5 Å². The van der Waals surface area contributed by atoms with Crippen LogP contribution in [0.15, 0.2) is 24.3 Å². The fraction of sp³-hybridized carbons (Fsp3) is 0.529. The first kappa shape index (κ1) is 13.6. The predicted molar refractivity (Wildman–Crippen MR) is 74.8 cm³/mol. The van der Waals surface area contributed by atoms with E-state index in [1.165, 1.54) is 25.7 Å². The zero-order valence-corrected chi connectivity index (χ0v) is 11.6. The second-order valence-corrected chi connectivity index (χ2v) is 5.90. The molecule has 0 spiro atoms. The van der Waals surface area contributed by atoms with Gasteiger partial charge in [-0.1, -0.05) is 31.1 Å². The van der Waals surface area contributed by atoms with Crippen LogP contribution in [0.4, 0.5) is 8.78 Å². The number of rotatable bonds is 7. The lowest BCUT2D eigenvalue weighted by atomic mass is 10.1. The van der Waals surface area contributed by atoms with Crippen LogP contribution >= 0.6 is 0 Å². The van der Waals surface area contributed by atoms with Crippen molar-refractivity contribution in [1.29, 1.82) is 0 Å². The van der Waals surface area contributed by atoms with Crippen molar-refractivity contribution in [3.05, 3.63) is 41.5 Å². The molecule has 1 aromatic rings. The van der Waals surface area contributed by atoms with Gasteiger partial charge in [0.1, 0.15) is 0 Å². The van der Waals surface area contributed by atoms with Crippen LogP contribution in [-0.2, 0) is 6.42 Å². The van der Waals surface area contributed by atoms with Crippen molar-refractivity contribution in [2.75, 3.05) is 6.61 Å². The molecule has 0 aromatic heterocycles. The van der Waals surface area contributed by atoms with Crippen molar-refractivity contribution in [1.82, 2.24) is 0 Å². The summed E-state index contributed by atoms with van der Waals surface area (Å²) in [6, 6.07) is 3.17. The molecule has 0 N–H and O–H groups in total. The summed E-state index contributed by atoms with van der Waals surface area (Å²) in [6.45, 7) is 0.474. The van der Waals surface area contributed by atoms with Crippen LogP contribution in [0.3, 0.4) is 0 Å². The van der Waals surface area contributed by atoms with Gasteiger partial charge in [0.25, 0.3) is 0 Å². The molecule has 0 heterocycles. The van der Waals surface area contributed by atoms with E-state index in [4.69, 9.17) is 4.74 Å². The summed E-state index contributed by atoms with van der Waals surface area (Å²) in [4.78, 5) is 0. The summed E-state index contributed by atoms with van der Waals surface area (Å²) in [5, 5.41) is 0. The molecule has 3 rings (SSSR count). The standard InChI is InChI=1S/C17H20F2O/c18-16-14(3-1-2-12-4-5-12)8-9-15(17(16)19)20-11-10-13-6-7-13/h1-2,8-9,12-13H,3-7,10-11H2/b2-1+. The van der Waals surface area contributed by atoms with Crippen LogP contribution < -0.4 is 4.74 Å². The summed E-state index contributed by atoms with van der Waals surface area (Å²) in [5.74, 6) is -0.187. The van der Waals surface area contributed by atoms with Crippen molar-refractivity contribution in [3.8, 4) is 5.75 Å². The molecular weight excluding hydrogens is 258 g/mol. The zero-order chi connectivity index (χ0) is 13.9. The summed E-state index contributed by atoms with van der Waals surface area (Å²) in [5.41, 5.74) is 0.397. The Bertz CT molecular complexity index is 502. The maximum absolute atomic E-state index is 13.9. The van der Waals surface area contributed by atoms with Gasteiger partial charge in [-0.15, -0.1) is 0 Å². The lowest BCUT2D eigenvalue weighted by Gasteiger charge is -2.09. The summed E-state index contributed by atoms with van der Waals surface area (Å²) >= 11 is 0. The van der Waals surface area contributed by atoms with E-state index in [-0.39, 0.29) is 5.75 Å². The second-order valence-electron chi connectivity index (χ2n) is 5.90.